The standard InChI is InChI=1S/C25H21F3N4O3/c1-24(2)19-7-3-5-15-6-4-14-30(21(15)19)20(24)13-12-18-22(25(26,27)28)29-31(23(18)33)16-8-10-17(11-9-16)32(34)35/h3,5,7-13H,4,6,14H2,1-2H3. The number of rotatable bonds is 3. The van der Waals surface area contributed by atoms with E-state index >= 15 is 0 Å². The fourth-order valence-corrected chi connectivity index (χ4v) is 5.00. The highest BCUT2D eigenvalue weighted by molar-refractivity contribution is 6.32. The minimum Gasteiger partial charge on any atom is -0.344 e. The number of benzene rings is 2. The molecule has 0 aliphatic carbocycles. The minimum atomic E-state index is -4.86. The topological polar surface area (TPSA) is 79.0 Å². The molecule has 0 saturated carbocycles. The van der Waals surface area contributed by atoms with Crippen LogP contribution in [0.2, 0.25) is 0 Å². The number of hydrogen-bond acceptors (Lipinski definition) is 5. The van der Waals surface area contributed by atoms with E-state index in [1.54, 1.807) is 6.08 Å². The first-order valence-electron chi connectivity index (χ1n) is 11.1. The van der Waals surface area contributed by atoms with Gasteiger partial charge in [0.05, 0.1) is 16.2 Å². The van der Waals surface area contributed by atoms with Crippen LogP contribution >= 0.6 is 0 Å². The third-order valence-electron chi connectivity index (χ3n) is 6.68. The third kappa shape index (κ3) is 3.60. The van der Waals surface area contributed by atoms with Crippen molar-refractivity contribution in [3.8, 4) is 0 Å². The highest BCUT2D eigenvalue weighted by Gasteiger charge is 2.47. The highest BCUT2D eigenvalue weighted by Crippen LogP contribution is 2.51. The molecule has 2 aromatic rings. The summed E-state index contributed by atoms with van der Waals surface area (Å²) >= 11 is 0. The largest absolute Gasteiger partial charge is 0.435 e. The van der Waals surface area contributed by atoms with Crippen molar-refractivity contribution in [2.24, 2.45) is 5.10 Å². The number of anilines is 2. The summed E-state index contributed by atoms with van der Waals surface area (Å²) in [6.45, 7) is 4.78. The predicted molar refractivity (Wildman–Crippen MR) is 125 cm³/mol. The number of nitro groups is 1. The van der Waals surface area contributed by atoms with E-state index in [0.717, 1.165) is 48.5 Å². The fraction of sp³-hybridized carbons (Fsp3) is 0.280. The van der Waals surface area contributed by atoms with Crippen molar-refractivity contribution in [3.63, 3.8) is 0 Å². The Morgan fingerprint density at radius 1 is 1.11 bits per heavy atom. The lowest BCUT2D eigenvalue weighted by Gasteiger charge is -2.30. The van der Waals surface area contributed by atoms with Crippen molar-refractivity contribution < 1.29 is 22.9 Å². The fourth-order valence-electron chi connectivity index (χ4n) is 5.00. The zero-order valence-electron chi connectivity index (χ0n) is 19.0. The molecular formula is C25H21F3N4O3. The van der Waals surface area contributed by atoms with E-state index in [0.29, 0.717) is 5.01 Å². The summed E-state index contributed by atoms with van der Waals surface area (Å²) in [5, 5.41) is 15.1. The van der Waals surface area contributed by atoms with Gasteiger partial charge in [-0.1, -0.05) is 32.0 Å². The Hall–Kier alpha value is -3.95. The molecule has 0 atom stereocenters. The van der Waals surface area contributed by atoms with Gasteiger partial charge in [0.1, 0.15) is 0 Å². The van der Waals surface area contributed by atoms with E-state index in [-0.39, 0.29) is 11.4 Å². The number of non-ortho nitro benzene ring substituents is 1. The van der Waals surface area contributed by atoms with Crippen LogP contribution in [0.25, 0.3) is 0 Å². The summed E-state index contributed by atoms with van der Waals surface area (Å²) in [7, 11) is 0. The molecule has 3 heterocycles. The number of nitrogens with zero attached hydrogens (tertiary/aromatic N) is 4. The van der Waals surface area contributed by atoms with Gasteiger partial charge in [0.15, 0.2) is 5.71 Å². The molecule has 2 aromatic carbocycles. The molecule has 0 bridgehead atoms. The van der Waals surface area contributed by atoms with Crippen molar-refractivity contribution in [2.75, 3.05) is 16.5 Å². The number of carbonyl (C=O) groups excluding carboxylic acids is 1. The van der Waals surface area contributed by atoms with Crippen LogP contribution in [0.4, 0.5) is 30.2 Å². The summed E-state index contributed by atoms with van der Waals surface area (Å²) in [5.74, 6) is -0.948. The van der Waals surface area contributed by atoms with Gasteiger partial charge in [-0.25, -0.2) is 0 Å². The zero-order chi connectivity index (χ0) is 25.1. The van der Waals surface area contributed by atoms with Crippen LogP contribution in [0.5, 0.6) is 0 Å². The van der Waals surface area contributed by atoms with Gasteiger partial charge < -0.3 is 4.90 Å². The smallest absolute Gasteiger partial charge is 0.344 e. The average molecular weight is 482 g/mol. The van der Waals surface area contributed by atoms with Gasteiger partial charge in [0.2, 0.25) is 0 Å². The maximum absolute atomic E-state index is 13.8. The van der Waals surface area contributed by atoms with E-state index in [4.69, 9.17) is 0 Å². The predicted octanol–water partition coefficient (Wildman–Crippen LogP) is 5.41. The Labute approximate surface area is 199 Å². The maximum atomic E-state index is 13.8. The van der Waals surface area contributed by atoms with Gasteiger partial charge in [-0.2, -0.15) is 23.3 Å². The molecule has 0 aromatic heterocycles. The van der Waals surface area contributed by atoms with Crippen molar-refractivity contribution in [3.05, 3.63) is 87.1 Å². The summed E-state index contributed by atoms with van der Waals surface area (Å²) in [6, 6.07) is 10.7. The number of amides is 1. The van der Waals surface area contributed by atoms with Crippen molar-refractivity contribution in [1.29, 1.82) is 0 Å². The lowest BCUT2D eigenvalue weighted by molar-refractivity contribution is -0.384. The number of alkyl halides is 3. The van der Waals surface area contributed by atoms with Crippen LogP contribution in [-0.4, -0.2) is 29.3 Å². The lowest BCUT2D eigenvalue weighted by Crippen LogP contribution is -2.29. The van der Waals surface area contributed by atoms with Crippen LogP contribution in [0.3, 0.4) is 0 Å². The molecule has 0 fully saturated rings. The number of nitro benzene ring substituents is 1. The monoisotopic (exact) mass is 482 g/mol. The number of hydrazone groups is 1. The van der Waals surface area contributed by atoms with Gasteiger partial charge in [-0.15, -0.1) is 0 Å². The summed E-state index contributed by atoms with van der Waals surface area (Å²) in [5.41, 5.74) is 1.65. The number of para-hydroxylation sites is 1. The normalized spacial score (nSPS) is 21.1. The van der Waals surface area contributed by atoms with Gasteiger partial charge in [-0.05, 0) is 48.3 Å². The summed E-state index contributed by atoms with van der Waals surface area (Å²) < 4.78 is 41.5. The van der Waals surface area contributed by atoms with Gasteiger partial charge in [-0.3, -0.25) is 14.9 Å². The van der Waals surface area contributed by atoms with Crippen LogP contribution in [-0.2, 0) is 16.6 Å². The molecule has 0 unspecified atom stereocenters. The Morgan fingerprint density at radius 3 is 2.49 bits per heavy atom. The Morgan fingerprint density at radius 2 is 1.83 bits per heavy atom. The molecule has 0 radical (unpaired) electrons. The first-order chi connectivity index (χ1) is 16.5. The van der Waals surface area contributed by atoms with Crippen LogP contribution < -0.4 is 9.91 Å². The van der Waals surface area contributed by atoms with E-state index in [9.17, 15) is 28.1 Å². The quantitative estimate of drug-likeness (QED) is 0.333. The van der Waals surface area contributed by atoms with Crippen LogP contribution in [0.1, 0.15) is 31.4 Å². The molecule has 5 rings (SSSR count). The summed E-state index contributed by atoms with van der Waals surface area (Å²) in [6.07, 6.45) is -0.220. The molecule has 0 saturated heterocycles. The molecule has 0 spiro atoms. The average Bonchev–Trinajstić information content (AvgIpc) is 3.25. The number of halogens is 3. The Bertz CT molecular complexity index is 1340. The Balaban J connectivity index is 1.56. The number of carbonyl (C=O) groups is 1. The van der Waals surface area contributed by atoms with Crippen molar-refractivity contribution in [2.45, 2.75) is 38.3 Å². The number of hydrogen-bond donors (Lipinski definition) is 0. The maximum Gasteiger partial charge on any atom is 0.435 e. The zero-order valence-corrected chi connectivity index (χ0v) is 19.0. The van der Waals surface area contributed by atoms with E-state index in [2.05, 4.69) is 16.1 Å². The minimum absolute atomic E-state index is 0.00711. The third-order valence-corrected chi connectivity index (χ3v) is 6.68. The van der Waals surface area contributed by atoms with Crippen LogP contribution in [0.15, 0.2) is 71.0 Å². The second-order valence-electron chi connectivity index (χ2n) is 9.16. The van der Waals surface area contributed by atoms with Gasteiger partial charge in [0, 0.05) is 35.5 Å². The van der Waals surface area contributed by atoms with Gasteiger partial charge in [0.25, 0.3) is 11.6 Å². The molecule has 7 nitrogen and oxygen atoms in total. The van der Waals surface area contributed by atoms with Crippen molar-refractivity contribution >= 4 is 28.7 Å². The molecule has 10 heteroatoms. The second kappa shape index (κ2) is 7.79. The highest BCUT2D eigenvalue weighted by atomic mass is 19.4. The van der Waals surface area contributed by atoms with Crippen molar-refractivity contribution in [1.82, 2.24) is 0 Å². The Kier molecular flexibility index (Phi) is 5.08. The first-order valence-corrected chi connectivity index (χ1v) is 11.1. The molecule has 3 aliphatic rings. The number of allylic oxidation sites excluding steroid dienone is 3. The SMILES string of the molecule is CC1(C)C(=CC=C2C(=O)N(c3ccc([N+](=O)[O-])cc3)N=C2C(F)(F)F)N2CCCc3cccc1c32. The molecule has 180 valence electrons. The molecule has 35 heavy (non-hydrogen) atoms. The molecule has 1 amide bonds. The lowest BCUT2D eigenvalue weighted by atomic mass is 9.83. The van der Waals surface area contributed by atoms with Gasteiger partial charge >= 0.3 is 6.18 Å². The molecular weight excluding hydrogens is 461 g/mol. The second-order valence-corrected chi connectivity index (χ2v) is 9.16. The first kappa shape index (κ1) is 22.8. The van der Waals surface area contributed by atoms with Crippen LogP contribution in [0, 0.1) is 10.1 Å². The summed E-state index contributed by atoms with van der Waals surface area (Å²) in [4.78, 5) is 25.4. The van der Waals surface area contributed by atoms with E-state index < -0.39 is 33.7 Å². The number of aryl methyl sites for hydroxylation is 1. The molecule has 0 N–H and O–H groups in total. The van der Waals surface area contributed by atoms with E-state index in [1.807, 2.05) is 26.0 Å². The van der Waals surface area contributed by atoms with E-state index in [1.165, 1.54) is 23.8 Å². The molecule has 3 aliphatic heterocycles.